The number of likely N-dealkylation sites (tertiary alicyclic amines) is 1. The van der Waals surface area contributed by atoms with E-state index in [0.717, 1.165) is 44.6 Å². The van der Waals surface area contributed by atoms with Crippen LogP contribution < -0.4 is 10.3 Å². The Labute approximate surface area is 194 Å². The van der Waals surface area contributed by atoms with E-state index in [1.54, 1.807) is 28.8 Å². The fraction of sp³-hybridized carbons (Fsp3) is 0.346. The summed E-state index contributed by atoms with van der Waals surface area (Å²) in [5, 5.41) is 0. The van der Waals surface area contributed by atoms with E-state index in [-0.39, 0.29) is 16.1 Å². The van der Waals surface area contributed by atoms with Crippen LogP contribution in [-0.4, -0.2) is 37.5 Å². The van der Waals surface area contributed by atoms with Gasteiger partial charge in [-0.3, -0.25) is 9.52 Å². The van der Waals surface area contributed by atoms with Crippen LogP contribution in [0.3, 0.4) is 0 Å². The molecule has 7 heteroatoms. The average Bonchev–Trinajstić information content (AvgIpc) is 2.82. The predicted molar refractivity (Wildman–Crippen MR) is 130 cm³/mol. The Morgan fingerprint density at radius 1 is 0.879 bits per heavy atom. The van der Waals surface area contributed by atoms with Crippen LogP contribution in [0.2, 0.25) is 0 Å². The number of anilines is 1. The van der Waals surface area contributed by atoms with Crippen LogP contribution in [-0.2, 0) is 23.0 Å². The molecule has 2 aliphatic rings. The van der Waals surface area contributed by atoms with Gasteiger partial charge < -0.3 is 9.47 Å². The molecule has 2 aliphatic heterocycles. The number of piperidine rings is 1. The molecule has 3 aromatic rings. The van der Waals surface area contributed by atoms with E-state index in [1.807, 2.05) is 12.1 Å². The third-order valence-corrected chi connectivity index (χ3v) is 8.14. The minimum Gasteiger partial charge on any atom is -0.310 e. The van der Waals surface area contributed by atoms with Crippen LogP contribution in [0.15, 0.2) is 82.5 Å². The number of sulfonamides is 1. The first-order valence-corrected chi connectivity index (χ1v) is 13.1. The maximum absolute atomic E-state index is 13.2. The molecule has 2 bridgehead atoms. The molecule has 1 saturated heterocycles. The van der Waals surface area contributed by atoms with E-state index in [1.165, 1.54) is 17.7 Å². The Hall–Kier alpha value is -2.90. The Morgan fingerprint density at radius 3 is 2.36 bits per heavy atom. The van der Waals surface area contributed by atoms with Gasteiger partial charge in [0.05, 0.1) is 4.90 Å². The summed E-state index contributed by atoms with van der Waals surface area (Å²) in [5.41, 5.74) is 2.25. The van der Waals surface area contributed by atoms with Gasteiger partial charge in [-0.1, -0.05) is 48.5 Å². The molecule has 1 N–H and O–H groups in total. The molecule has 0 saturated carbocycles. The van der Waals surface area contributed by atoms with Crippen LogP contribution in [0, 0.1) is 5.92 Å². The summed E-state index contributed by atoms with van der Waals surface area (Å²) in [6.45, 7) is 3.62. The largest absolute Gasteiger partial charge is 0.310 e. The summed E-state index contributed by atoms with van der Waals surface area (Å²) in [5.74, 6) is 0.716. The van der Waals surface area contributed by atoms with Crippen molar-refractivity contribution < 1.29 is 8.42 Å². The number of pyridine rings is 1. The van der Waals surface area contributed by atoms with Crippen molar-refractivity contribution in [3.63, 3.8) is 0 Å². The van der Waals surface area contributed by atoms with Gasteiger partial charge in [0, 0.05) is 31.2 Å². The summed E-state index contributed by atoms with van der Waals surface area (Å²) >= 11 is 0. The zero-order valence-electron chi connectivity index (χ0n) is 18.6. The number of aromatic nitrogens is 1. The fourth-order valence-electron chi connectivity index (χ4n) is 5.26. The number of nitrogens with zero attached hydrogens (tertiary/aromatic N) is 2. The van der Waals surface area contributed by atoms with Gasteiger partial charge in [-0.25, -0.2) is 8.42 Å². The maximum Gasteiger partial charge on any atom is 0.275 e. The normalized spacial score (nSPS) is 20.2. The third kappa shape index (κ3) is 4.75. The number of benzene rings is 2. The van der Waals surface area contributed by atoms with Gasteiger partial charge in [-0.15, -0.1) is 0 Å². The monoisotopic (exact) mass is 463 g/mol. The lowest BCUT2D eigenvalue weighted by atomic mass is 9.83. The van der Waals surface area contributed by atoms with Gasteiger partial charge in [0.2, 0.25) is 0 Å². The number of rotatable bonds is 7. The molecule has 172 valence electrons. The first-order chi connectivity index (χ1) is 16.0. The highest BCUT2D eigenvalue weighted by Crippen LogP contribution is 2.35. The summed E-state index contributed by atoms with van der Waals surface area (Å²) in [4.78, 5) is 15.9. The van der Waals surface area contributed by atoms with Crippen molar-refractivity contribution in [2.75, 3.05) is 24.4 Å². The van der Waals surface area contributed by atoms with Gasteiger partial charge >= 0.3 is 0 Å². The quantitative estimate of drug-likeness (QED) is 0.580. The molecule has 1 fully saturated rings. The lowest BCUT2D eigenvalue weighted by Crippen LogP contribution is -2.47. The molecule has 0 amide bonds. The highest BCUT2D eigenvalue weighted by Gasteiger charge is 2.35. The summed E-state index contributed by atoms with van der Waals surface area (Å²) < 4.78 is 29.7. The maximum atomic E-state index is 13.2. The van der Waals surface area contributed by atoms with E-state index >= 15 is 0 Å². The van der Waals surface area contributed by atoms with E-state index in [2.05, 4.69) is 33.9 Å². The number of nitrogens with one attached hydrogen (secondary N) is 1. The molecular weight excluding hydrogens is 434 g/mol. The molecule has 33 heavy (non-hydrogen) atoms. The van der Waals surface area contributed by atoms with Crippen LogP contribution >= 0.6 is 0 Å². The molecule has 2 aromatic carbocycles. The smallest absolute Gasteiger partial charge is 0.275 e. The van der Waals surface area contributed by atoms with Gasteiger partial charge in [0.25, 0.3) is 15.6 Å². The standard InChI is InChI=1S/C26H29N3O3S/c30-26-24(27-33(31,32)23-11-5-2-6-12-23)13-14-25-22-16-21(18-29(25)26)17-28(19-22)15-7-10-20-8-3-1-4-9-20/h1-6,8-9,11-14,21-22,27H,7,10,15-19H2. The van der Waals surface area contributed by atoms with E-state index in [9.17, 15) is 13.2 Å². The molecule has 0 aliphatic carbocycles. The second kappa shape index (κ2) is 9.15. The van der Waals surface area contributed by atoms with Crippen molar-refractivity contribution >= 4 is 15.7 Å². The second-order valence-corrected chi connectivity index (χ2v) is 10.8. The fourth-order valence-corrected chi connectivity index (χ4v) is 6.34. The Morgan fingerprint density at radius 2 is 1.61 bits per heavy atom. The molecule has 2 atom stereocenters. The summed E-state index contributed by atoms with van der Waals surface area (Å²) in [6, 6.07) is 22.3. The van der Waals surface area contributed by atoms with Crippen LogP contribution in [0.25, 0.3) is 0 Å². The minimum absolute atomic E-state index is 0.113. The molecule has 1 aromatic heterocycles. The highest BCUT2D eigenvalue weighted by molar-refractivity contribution is 7.92. The summed E-state index contributed by atoms with van der Waals surface area (Å²) in [6.07, 6.45) is 3.29. The van der Waals surface area contributed by atoms with Gasteiger partial charge in [-0.2, -0.15) is 0 Å². The van der Waals surface area contributed by atoms with Crippen molar-refractivity contribution in [3.8, 4) is 0 Å². The van der Waals surface area contributed by atoms with Crippen molar-refractivity contribution in [1.82, 2.24) is 9.47 Å². The number of hydrogen-bond donors (Lipinski definition) is 1. The van der Waals surface area contributed by atoms with Gasteiger partial charge in [0.1, 0.15) is 5.69 Å². The molecule has 5 rings (SSSR count). The second-order valence-electron chi connectivity index (χ2n) is 9.15. The number of hydrogen-bond acceptors (Lipinski definition) is 4. The Kier molecular flexibility index (Phi) is 6.08. The van der Waals surface area contributed by atoms with E-state index < -0.39 is 10.0 Å². The molecule has 2 unspecified atom stereocenters. The van der Waals surface area contributed by atoms with Crippen molar-refractivity contribution in [2.24, 2.45) is 5.92 Å². The first kappa shape index (κ1) is 21.9. The summed E-state index contributed by atoms with van der Waals surface area (Å²) in [7, 11) is -3.79. The number of aryl methyl sites for hydroxylation is 1. The lowest BCUT2D eigenvalue weighted by Gasteiger charge is -2.43. The Balaban J connectivity index is 1.29. The van der Waals surface area contributed by atoms with Crippen LogP contribution in [0.4, 0.5) is 5.69 Å². The SMILES string of the molecule is O=c1c(NS(=O)(=O)c2ccccc2)ccc2n1CC1CC2CN(CCCc2ccccc2)C1. The first-order valence-electron chi connectivity index (χ1n) is 11.6. The van der Waals surface area contributed by atoms with E-state index in [0.29, 0.717) is 18.4 Å². The topological polar surface area (TPSA) is 71.4 Å². The Bertz CT molecular complexity index is 1270. The van der Waals surface area contributed by atoms with Crippen molar-refractivity contribution in [2.45, 2.75) is 36.6 Å². The molecule has 0 spiro atoms. The molecule has 6 nitrogen and oxygen atoms in total. The number of fused-ring (bicyclic) bond motifs is 4. The van der Waals surface area contributed by atoms with Crippen LogP contribution in [0.5, 0.6) is 0 Å². The predicted octanol–water partition coefficient (Wildman–Crippen LogP) is 3.70. The molecule has 0 radical (unpaired) electrons. The van der Waals surface area contributed by atoms with Crippen molar-refractivity contribution in [3.05, 3.63) is 94.4 Å². The van der Waals surface area contributed by atoms with Gasteiger partial charge in [0.15, 0.2) is 0 Å². The minimum atomic E-state index is -3.79. The third-order valence-electron chi connectivity index (χ3n) is 6.76. The van der Waals surface area contributed by atoms with E-state index in [4.69, 9.17) is 0 Å². The molecular formula is C26H29N3O3S. The van der Waals surface area contributed by atoms with Crippen molar-refractivity contribution in [1.29, 1.82) is 0 Å². The van der Waals surface area contributed by atoms with Crippen LogP contribution in [0.1, 0.15) is 30.0 Å². The van der Waals surface area contributed by atoms with Gasteiger partial charge in [-0.05, 0) is 61.6 Å². The highest BCUT2D eigenvalue weighted by atomic mass is 32.2. The molecule has 3 heterocycles. The average molecular weight is 464 g/mol. The zero-order chi connectivity index (χ0) is 22.8. The zero-order valence-corrected chi connectivity index (χ0v) is 19.4. The lowest BCUT2D eigenvalue weighted by molar-refractivity contribution is 0.119.